The molecule has 3 aromatic rings. The van der Waals surface area contributed by atoms with Crippen LogP contribution in [0.4, 0.5) is 10.5 Å². The van der Waals surface area contributed by atoms with Gasteiger partial charge in [-0.1, -0.05) is 30.4 Å². The molecule has 7 nitrogen and oxygen atoms in total. The monoisotopic (exact) mass is 446 g/mol. The lowest BCUT2D eigenvalue weighted by molar-refractivity contribution is 0.0509. The first-order valence-electron chi connectivity index (χ1n) is 10.8. The molecule has 170 valence electrons. The van der Waals surface area contributed by atoms with Crippen LogP contribution < -0.4 is 4.90 Å². The van der Waals surface area contributed by atoms with Crippen molar-refractivity contribution in [3.63, 3.8) is 0 Å². The van der Waals surface area contributed by atoms with Crippen LogP contribution in [0.15, 0.2) is 54.6 Å². The Hall–Kier alpha value is -3.87. The van der Waals surface area contributed by atoms with Crippen molar-refractivity contribution in [2.75, 3.05) is 18.1 Å². The minimum Gasteiger partial charge on any atom is -0.461 e. The highest BCUT2D eigenvalue weighted by Gasteiger charge is 2.29. The van der Waals surface area contributed by atoms with Crippen molar-refractivity contribution in [3.05, 3.63) is 71.4 Å². The summed E-state index contributed by atoms with van der Waals surface area (Å²) in [6.07, 6.45) is 3.29. The van der Waals surface area contributed by atoms with Crippen LogP contribution in [0.3, 0.4) is 0 Å². The zero-order valence-corrected chi connectivity index (χ0v) is 19.1. The largest absolute Gasteiger partial charge is 0.461 e. The van der Waals surface area contributed by atoms with E-state index in [1.165, 1.54) is 4.57 Å². The standard InChI is InChI=1S/C26H26N2O5/c1-5-32-24(30)22-16-19-18-12-9-15-27(25(31)33-26(2,3)4)20(18)13-14-21(19)28(22)23(29)17-10-7-6-8-11-17/h6-14,16H,5,15H2,1-4H3. The Bertz CT molecular complexity index is 1270. The van der Waals surface area contributed by atoms with Crippen molar-refractivity contribution < 1.29 is 23.9 Å². The fourth-order valence-electron chi connectivity index (χ4n) is 3.85. The van der Waals surface area contributed by atoms with E-state index >= 15 is 0 Å². The van der Waals surface area contributed by atoms with Gasteiger partial charge in [0, 0.05) is 23.1 Å². The van der Waals surface area contributed by atoms with E-state index in [-0.39, 0.29) is 18.2 Å². The molecule has 1 aliphatic heterocycles. The van der Waals surface area contributed by atoms with Gasteiger partial charge in [0.05, 0.1) is 17.8 Å². The van der Waals surface area contributed by atoms with E-state index in [0.717, 1.165) is 5.56 Å². The summed E-state index contributed by atoms with van der Waals surface area (Å²) in [4.78, 5) is 40.5. The van der Waals surface area contributed by atoms with Crippen molar-refractivity contribution in [2.24, 2.45) is 0 Å². The number of rotatable bonds is 3. The SMILES string of the molecule is CCOC(=O)c1cc2c3c(ccc2n1C(=O)c1ccccc1)N(C(=O)OC(C)(C)C)CC=C3. The van der Waals surface area contributed by atoms with Gasteiger partial charge in [0.25, 0.3) is 5.91 Å². The second kappa shape index (κ2) is 8.58. The summed E-state index contributed by atoms with van der Waals surface area (Å²) in [7, 11) is 0. The number of carbonyl (C=O) groups excluding carboxylic acids is 3. The molecule has 0 unspecified atom stereocenters. The molecule has 0 saturated heterocycles. The van der Waals surface area contributed by atoms with Gasteiger partial charge in [0.15, 0.2) is 0 Å². The number of hydrogen-bond acceptors (Lipinski definition) is 5. The third-order valence-corrected chi connectivity index (χ3v) is 5.19. The van der Waals surface area contributed by atoms with Gasteiger partial charge in [-0.25, -0.2) is 9.59 Å². The van der Waals surface area contributed by atoms with E-state index in [9.17, 15) is 14.4 Å². The minimum atomic E-state index is -0.634. The predicted octanol–water partition coefficient (Wildman–Crippen LogP) is 5.27. The molecule has 0 radical (unpaired) electrons. The van der Waals surface area contributed by atoms with Crippen LogP contribution in [0.25, 0.3) is 17.0 Å². The first-order chi connectivity index (χ1) is 15.7. The number of esters is 1. The number of amides is 1. The highest BCUT2D eigenvalue weighted by atomic mass is 16.6. The van der Waals surface area contributed by atoms with Gasteiger partial charge < -0.3 is 9.47 Å². The maximum Gasteiger partial charge on any atom is 0.415 e. The Balaban J connectivity index is 1.88. The first kappa shape index (κ1) is 22.3. The maximum atomic E-state index is 13.4. The lowest BCUT2D eigenvalue weighted by atomic mass is 10.0. The van der Waals surface area contributed by atoms with Crippen molar-refractivity contribution in [2.45, 2.75) is 33.3 Å². The molecule has 0 atom stereocenters. The van der Waals surface area contributed by atoms with Crippen LogP contribution >= 0.6 is 0 Å². The molecule has 1 aliphatic rings. The summed E-state index contributed by atoms with van der Waals surface area (Å²) in [6, 6.07) is 13.9. The quantitative estimate of drug-likeness (QED) is 0.512. The van der Waals surface area contributed by atoms with E-state index in [4.69, 9.17) is 9.47 Å². The fourth-order valence-corrected chi connectivity index (χ4v) is 3.85. The van der Waals surface area contributed by atoms with Gasteiger partial charge in [-0.15, -0.1) is 0 Å². The smallest absolute Gasteiger partial charge is 0.415 e. The first-order valence-corrected chi connectivity index (χ1v) is 10.8. The van der Waals surface area contributed by atoms with Gasteiger partial charge in [0.1, 0.15) is 11.3 Å². The van der Waals surface area contributed by atoms with Gasteiger partial charge in [-0.3, -0.25) is 14.3 Å². The fraction of sp³-hybridized carbons (Fsp3) is 0.269. The van der Waals surface area contributed by atoms with Crippen molar-refractivity contribution in [1.82, 2.24) is 4.57 Å². The zero-order chi connectivity index (χ0) is 23.8. The molecule has 0 N–H and O–H groups in total. The van der Waals surface area contributed by atoms with E-state index in [2.05, 4.69) is 0 Å². The molecule has 0 bridgehead atoms. The van der Waals surface area contributed by atoms with Crippen LogP contribution in [0, 0.1) is 0 Å². The Kier molecular flexibility index (Phi) is 5.80. The van der Waals surface area contributed by atoms with E-state index in [1.807, 2.05) is 39.0 Å². The number of carbonyl (C=O) groups is 3. The Morgan fingerprint density at radius 3 is 2.42 bits per heavy atom. The van der Waals surface area contributed by atoms with Crippen LogP contribution in [0.5, 0.6) is 0 Å². The average molecular weight is 447 g/mol. The molecule has 2 aromatic carbocycles. The molecule has 4 rings (SSSR count). The summed E-state index contributed by atoms with van der Waals surface area (Å²) >= 11 is 0. The van der Waals surface area contributed by atoms with Gasteiger partial charge in [-0.2, -0.15) is 0 Å². The Morgan fingerprint density at radius 2 is 1.76 bits per heavy atom. The topological polar surface area (TPSA) is 77.8 Å². The zero-order valence-electron chi connectivity index (χ0n) is 19.1. The van der Waals surface area contributed by atoms with E-state index < -0.39 is 17.7 Å². The number of fused-ring (bicyclic) bond motifs is 3. The number of anilines is 1. The van der Waals surface area contributed by atoms with Crippen molar-refractivity contribution in [1.29, 1.82) is 0 Å². The van der Waals surface area contributed by atoms with E-state index in [1.54, 1.807) is 54.3 Å². The highest BCUT2D eigenvalue weighted by Crippen LogP contribution is 2.36. The predicted molar refractivity (Wildman–Crippen MR) is 127 cm³/mol. The molecule has 0 fully saturated rings. The van der Waals surface area contributed by atoms with Crippen LogP contribution in [-0.4, -0.2) is 41.3 Å². The summed E-state index contributed by atoms with van der Waals surface area (Å²) in [5.41, 5.74) is 1.89. The number of nitrogens with zero attached hydrogens (tertiary/aromatic N) is 2. The Labute approximate surface area is 192 Å². The van der Waals surface area contributed by atoms with Gasteiger partial charge >= 0.3 is 12.1 Å². The molecule has 33 heavy (non-hydrogen) atoms. The molecule has 2 heterocycles. The summed E-state index contributed by atoms with van der Waals surface area (Å²) in [5, 5.41) is 0.671. The lowest BCUT2D eigenvalue weighted by Gasteiger charge is -2.29. The van der Waals surface area contributed by atoms with Crippen LogP contribution in [0.1, 0.15) is 54.1 Å². The van der Waals surface area contributed by atoms with Crippen molar-refractivity contribution >= 4 is 40.6 Å². The summed E-state index contributed by atoms with van der Waals surface area (Å²) in [6.45, 7) is 7.71. The number of ether oxygens (including phenoxy) is 2. The molecule has 1 amide bonds. The number of benzene rings is 2. The van der Waals surface area contributed by atoms with Gasteiger partial charge in [-0.05, 0) is 58.0 Å². The van der Waals surface area contributed by atoms with E-state index in [0.29, 0.717) is 28.7 Å². The summed E-state index contributed by atoms with van der Waals surface area (Å²) < 4.78 is 12.2. The van der Waals surface area contributed by atoms with Crippen LogP contribution in [0.2, 0.25) is 0 Å². The molecule has 0 spiro atoms. The Morgan fingerprint density at radius 1 is 1.03 bits per heavy atom. The highest BCUT2D eigenvalue weighted by molar-refractivity contribution is 6.11. The molecule has 0 saturated carbocycles. The maximum absolute atomic E-state index is 13.4. The average Bonchev–Trinajstić information content (AvgIpc) is 3.18. The van der Waals surface area contributed by atoms with Crippen molar-refractivity contribution in [3.8, 4) is 0 Å². The third kappa shape index (κ3) is 4.26. The number of aromatic nitrogens is 1. The normalized spacial score (nSPS) is 13.0. The molecule has 7 heteroatoms. The van der Waals surface area contributed by atoms with Crippen LogP contribution in [-0.2, 0) is 9.47 Å². The second-order valence-electron chi connectivity index (χ2n) is 8.68. The number of hydrogen-bond donors (Lipinski definition) is 0. The molecular formula is C26H26N2O5. The molecular weight excluding hydrogens is 420 g/mol. The summed E-state index contributed by atoms with van der Waals surface area (Å²) in [5.74, 6) is -0.923. The lowest BCUT2D eigenvalue weighted by Crippen LogP contribution is -2.38. The van der Waals surface area contributed by atoms with Gasteiger partial charge in [0.2, 0.25) is 0 Å². The second-order valence-corrected chi connectivity index (χ2v) is 8.68. The molecule has 1 aromatic heterocycles. The third-order valence-electron chi connectivity index (χ3n) is 5.19. The minimum absolute atomic E-state index is 0.136. The molecule has 0 aliphatic carbocycles.